The van der Waals surface area contributed by atoms with Gasteiger partial charge in [0.05, 0.1) is 18.6 Å². The maximum absolute atomic E-state index is 12.9. The molecule has 1 aromatic rings. The number of amides is 2. The molecule has 0 saturated carbocycles. The smallest absolute Gasteiger partial charge is 0.328 e. The molecule has 5 atom stereocenters. The molecule has 0 fully saturated rings. The average Bonchev–Trinajstić information content (AvgIpc) is 2.92. The third-order valence-electron chi connectivity index (χ3n) is 7.16. The van der Waals surface area contributed by atoms with Crippen molar-refractivity contribution in [2.24, 2.45) is 11.8 Å². The summed E-state index contributed by atoms with van der Waals surface area (Å²) in [4.78, 5) is 37.7. The molecule has 2 amide bonds. The summed E-state index contributed by atoms with van der Waals surface area (Å²) >= 11 is 0. The van der Waals surface area contributed by atoms with Gasteiger partial charge in [0, 0.05) is 37.6 Å². The zero-order valence-corrected chi connectivity index (χ0v) is 26.2. The van der Waals surface area contributed by atoms with E-state index in [-0.39, 0.29) is 29.9 Å². The van der Waals surface area contributed by atoms with Crippen LogP contribution in [0.25, 0.3) is 0 Å². The fourth-order valence-electron chi connectivity index (χ4n) is 4.68. The van der Waals surface area contributed by atoms with Gasteiger partial charge in [-0.2, -0.15) is 0 Å². The van der Waals surface area contributed by atoms with Crippen LogP contribution in [-0.2, 0) is 30.3 Å². The topological polar surface area (TPSA) is 134 Å². The van der Waals surface area contributed by atoms with Crippen molar-refractivity contribution in [1.29, 1.82) is 0 Å². The van der Waals surface area contributed by atoms with Gasteiger partial charge in [0.1, 0.15) is 17.9 Å². The van der Waals surface area contributed by atoms with Crippen LogP contribution in [-0.4, -0.2) is 59.5 Å². The van der Waals surface area contributed by atoms with Gasteiger partial charge in [0.2, 0.25) is 11.8 Å². The van der Waals surface area contributed by atoms with Crippen LogP contribution in [0.1, 0.15) is 65.9 Å². The van der Waals surface area contributed by atoms with Crippen LogP contribution in [0.15, 0.2) is 66.3 Å². The highest BCUT2D eigenvalue weighted by atomic mass is 16.5. The van der Waals surface area contributed by atoms with Crippen molar-refractivity contribution in [1.82, 2.24) is 5.32 Å². The summed E-state index contributed by atoms with van der Waals surface area (Å²) in [5.74, 6) is -1.26. The number of aromatic hydroxyl groups is 1. The number of aryl methyl sites for hydroxylation is 1. The van der Waals surface area contributed by atoms with Crippen molar-refractivity contribution in [3.8, 4) is 5.75 Å². The zero-order chi connectivity index (χ0) is 31.9. The van der Waals surface area contributed by atoms with Crippen LogP contribution in [0.2, 0.25) is 0 Å². The summed E-state index contributed by atoms with van der Waals surface area (Å²) in [6.45, 7) is 9.11. The van der Waals surface area contributed by atoms with E-state index in [1.807, 2.05) is 52.0 Å². The molecule has 0 radical (unpaired) electrons. The average molecular weight is 597 g/mol. The van der Waals surface area contributed by atoms with Gasteiger partial charge in [0.15, 0.2) is 0 Å². The van der Waals surface area contributed by atoms with Gasteiger partial charge in [-0.05, 0) is 55.9 Å². The fraction of sp³-hybridized carbons (Fsp3) is 0.500. The molecular formula is C34H48N2O7. The number of carbonyl (C=O) groups is 3. The Morgan fingerprint density at radius 2 is 1.84 bits per heavy atom. The van der Waals surface area contributed by atoms with Crippen LogP contribution in [0.5, 0.6) is 5.75 Å². The van der Waals surface area contributed by atoms with Crippen LogP contribution in [0.3, 0.4) is 0 Å². The summed E-state index contributed by atoms with van der Waals surface area (Å²) in [6.07, 6.45) is 12.7. The quantitative estimate of drug-likeness (QED) is 0.264. The second kappa shape index (κ2) is 18.1. The highest BCUT2D eigenvalue weighted by molar-refractivity contribution is 5.91. The Kier molecular flexibility index (Phi) is 14.9. The molecule has 0 unspecified atom stereocenters. The van der Waals surface area contributed by atoms with E-state index in [4.69, 9.17) is 9.47 Å². The first kappa shape index (κ1) is 35.5. The molecule has 0 spiro atoms. The number of aliphatic hydroxyl groups is 1. The van der Waals surface area contributed by atoms with E-state index < -0.39 is 36.2 Å². The van der Waals surface area contributed by atoms with Crippen LogP contribution in [0.4, 0.5) is 5.69 Å². The second-order valence-electron chi connectivity index (χ2n) is 11.5. The summed E-state index contributed by atoms with van der Waals surface area (Å²) in [7, 11) is 1.53. The summed E-state index contributed by atoms with van der Waals surface area (Å²) in [5.41, 5.74) is 2.04. The van der Waals surface area contributed by atoms with Gasteiger partial charge >= 0.3 is 5.97 Å². The number of fused-ring (bicyclic) bond motifs is 2. The SMILES string of the molecule is CO[C@H]1\C=C/C=C\C=C/C[C@H](OC(=O)[C@H](C)NC(=O)CC(C)C)[C@@H](C)[C@H](O)/C(C)=C\CCc2cc(O)cc(c2)NC(=O)C1. The number of benzene rings is 1. The number of methoxy groups -OCH3 is 1. The number of ether oxygens (including phenoxy) is 2. The minimum atomic E-state index is -0.880. The number of phenols is 1. The lowest BCUT2D eigenvalue weighted by Crippen LogP contribution is -2.43. The minimum absolute atomic E-state index is 0.0423. The molecule has 0 saturated heterocycles. The molecule has 43 heavy (non-hydrogen) atoms. The number of phenolic OH excluding ortho intramolecular Hbond substituents is 1. The third-order valence-corrected chi connectivity index (χ3v) is 7.16. The number of hydrogen-bond donors (Lipinski definition) is 4. The minimum Gasteiger partial charge on any atom is -0.508 e. The largest absolute Gasteiger partial charge is 0.508 e. The van der Waals surface area contributed by atoms with Crippen molar-refractivity contribution >= 4 is 23.5 Å². The predicted octanol–water partition coefficient (Wildman–Crippen LogP) is 5.15. The van der Waals surface area contributed by atoms with Crippen molar-refractivity contribution in [3.05, 3.63) is 71.9 Å². The second-order valence-corrected chi connectivity index (χ2v) is 11.5. The van der Waals surface area contributed by atoms with E-state index in [2.05, 4.69) is 10.6 Å². The van der Waals surface area contributed by atoms with E-state index in [0.717, 1.165) is 11.1 Å². The molecule has 0 aliphatic carbocycles. The van der Waals surface area contributed by atoms with Gasteiger partial charge in [0.25, 0.3) is 0 Å². The van der Waals surface area contributed by atoms with E-state index in [1.165, 1.54) is 13.2 Å². The Morgan fingerprint density at radius 1 is 1.12 bits per heavy atom. The van der Waals surface area contributed by atoms with Gasteiger partial charge in [-0.1, -0.05) is 63.3 Å². The van der Waals surface area contributed by atoms with E-state index in [9.17, 15) is 24.6 Å². The maximum atomic E-state index is 12.9. The highest BCUT2D eigenvalue weighted by Crippen LogP contribution is 2.24. The van der Waals surface area contributed by atoms with Crippen LogP contribution >= 0.6 is 0 Å². The van der Waals surface area contributed by atoms with Crippen molar-refractivity contribution in [2.45, 2.75) is 91.1 Å². The molecule has 0 aromatic heterocycles. The lowest BCUT2D eigenvalue weighted by atomic mass is 9.90. The number of aliphatic hydroxyl groups excluding tert-OH is 1. The van der Waals surface area contributed by atoms with Crippen molar-refractivity contribution in [3.63, 3.8) is 0 Å². The zero-order valence-electron chi connectivity index (χ0n) is 26.2. The van der Waals surface area contributed by atoms with E-state index >= 15 is 0 Å². The number of anilines is 1. The summed E-state index contributed by atoms with van der Waals surface area (Å²) in [5, 5.41) is 26.9. The molecule has 9 heteroatoms. The van der Waals surface area contributed by atoms with E-state index in [1.54, 1.807) is 37.3 Å². The number of carbonyl (C=O) groups excluding carboxylic acids is 3. The third kappa shape index (κ3) is 13.0. The van der Waals surface area contributed by atoms with Crippen molar-refractivity contribution < 1.29 is 34.1 Å². The van der Waals surface area contributed by atoms with E-state index in [0.29, 0.717) is 31.4 Å². The number of allylic oxidation sites excluding steroid dienone is 5. The molecule has 4 N–H and O–H groups in total. The number of nitrogens with one attached hydrogen (secondary N) is 2. The number of hydrogen-bond acceptors (Lipinski definition) is 7. The van der Waals surface area contributed by atoms with Crippen molar-refractivity contribution in [2.75, 3.05) is 12.4 Å². The van der Waals surface area contributed by atoms with Crippen LogP contribution in [0, 0.1) is 11.8 Å². The first-order valence-electron chi connectivity index (χ1n) is 14.9. The summed E-state index contributed by atoms with van der Waals surface area (Å²) in [6, 6.07) is 4.12. The molecule has 1 aliphatic rings. The number of rotatable bonds is 6. The normalized spacial score (nSPS) is 26.5. The molecule has 1 heterocycles. The Hall–Kier alpha value is -3.69. The first-order chi connectivity index (χ1) is 20.4. The standard InChI is InChI=1S/C34H48N2O7/c1-22(2)17-31(38)35-25(5)34(41)43-30-16-11-9-7-8-10-15-29(42-6)21-32(39)36-27-18-26(19-28(37)20-27)14-12-13-23(3)33(40)24(30)4/h7-11,13,15,18-20,22,24-25,29-30,33,37,40H,12,14,16-17,21H2,1-6H3,(H,35,38)(H,36,39)/b8-7-,11-9-,15-10-,23-13-/t24-,25+,29+,30+,33-/m1/s1. The Morgan fingerprint density at radius 3 is 2.53 bits per heavy atom. The molecule has 9 nitrogen and oxygen atoms in total. The molecule has 2 rings (SSSR count). The molecular weight excluding hydrogens is 548 g/mol. The lowest BCUT2D eigenvalue weighted by molar-refractivity contribution is -0.156. The molecule has 236 valence electrons. The van der Waals surface area contributed by atoms with Gasteiger partial charge in [-0.3, -0.25) is 9.59 Å². The monoisotopic (exact) mass is 596 g/mol. The fourth-order valence-corrected chi connectivity index (χ4v) is 4.68. The Balaban J connectivity index is 2.30. The Labute approximate surface area is 255 Å². The lowest BCUT2D eigenvalue weighted by Gasteiger charge is -2.29. The first-order valence-corrected chi connectivity index (χ1v) is 14.9. The molecule has 1 aliphatic heterocycles. The molecule has 1 aromatic carbocycles. The summed E-state index contributed by atoms with van der Waals surface area (Å²) < 4.78 is 11.3. The number of esters is 1. The molecule has 2 bridgehead atoms. The predicted molar refractivity (Wildman–Crippen MR) is 168 cm³/mol. The van der Waals surface area contributed by atoms with Gasteiger partial charge in [-0.15, -0.1) is 0 Å². The van der Waals surface area contributed by atoms with Gasteiger partial charge in [-0.25, -0.2) is 4.79 Å². The Bertz CT molecular complexity index is 1200. The highest BCUT2D eigenvalue weighted by Gasteiger charge is 2.29. The van der Waals surface area contributed by atoms with Gasteiger partial charge < -0.3 is 30.3 Å². The van der Waals surface area contributed by atoms with Crippen LogP contribution < -0.4 is 10.6 Å². The maximum Gasteiger partial charge on any atom is 0.328 e.